The number of benzene rings is 2. The Kier molecular flexibility index (Phi) is 5.58. The summed E-state index contributed by atoms with van der Waals surface area (Å²) in [7, 11) is 0. The van der Waals surface area contributed by atoms with Crippen molar-refractivity contribution in [2.75, 3.05) is 37.7 Å². The lowest BCUT2D eigenvalue weighted by Crippen LogP contribution is -2.50. The zero-order valence-corrected chi connectivity index (χ0v) is 14.8. The van der Waals surface area contributed by atoms with Gasteiger partial charge < -0.3 is 14.5 Å². The Bertz CT molecular complexity index is 792. The smallest absolute Gasteiger partial charge is 0.294 e. The van der Waals surface area contributed by atoms with Gasteiger partial charge in [-0.3, -0.25) is 14.9 Å². The summed E-state index contributed by atoms with van der Waals surface area (Å²) >= 11 is 6.18. The molecule has 0 atom stereocenters. The van der Waals surface area contributed by atoms with Crippen LogP contribution in [0.5, 0.6) is 5.75 Å². The molecule has 0 radical (unpaired) electrons. The zero-order chi connectivity index (χ0) is 18.5. The number of carbonyl (C=O) groups excluding carboxylic acids is 1. The molecule has 0 spiro atoms. The number of halogens is 1. The third kappa shape index (κ3) is 4.05. The zero-order valence-electron chi connectivity index (χ0n) is 14.0. The molecule has 0 unspecified atom stereocenters. The molecule has 3 rings (SSSR count). The van der Waals surface area contributed by atoms with Crippen LogP contribution in [-0.2, 0) is 4.79 Å². The molecule has 8 heteroatoms. The minimum Gasteiger partial charge on any atom is -0.484 e. The molecule has 0 N–H and O–H groups in total. The fourth-order valence-corrected chi connectivity index (χ4v) is 3.19. The molecule has 1 aliphatic heterocycles. The van der Waals surface area contributed by atoms with Gasteiger partial charge in [0, 0.05) is 32.2 Å². The number of carbonyl (C=O) groups is 1. The van der Waals surface area contributed by atoms with Crippen LogP contribution in [0.3, 0.4) is 0 Å². The van der Waals surface area contributed by atoms with E-state index in [1.165, 1.54) is 6.07 Å². The number of para-hydroxylation sites is 2. The standard InChI is InChI=1S/C18H18ClN3O4/c19-15-7-4-8-16(22(24)25)18(15)21-11-9-20(10-12-21)17(23)13-26-14-5-2-1-3-6-14/h1-8H,9-13H2. The Hall–Kier alpha value is -2.80. The molecule has 1 heterocycles. The number of hydrogen-bond acceptors (Lipinski definition) is 5. The van der Waals surface area contributed by atoms with Gasteiger partial charge in [-0.05, 0) is 18.2 Å². The van der Waals surface area contributed by atoms with E-state index in [9.17, 15) is 14.9 Å². The highest BCUT2D eigenvalue weighted by Gasteiger charge is 2.27. The number of nitrogens with zero attached hydrogens (tertiary/aromatic N) is 3. The summed E-state index contributed by atoms with van der Waals surface area (Å²) in [4.78, 5) is 26.7. The summed E-state index contributed by atoms with van der Waals surface area (Å²) in [5.74, 6) is 0.535. The van der Waals surface area contributed by atoms with E-state index in [2.05, 4.69) is 0 Å². The average molecular weight is 376 g/mol. The monoisotopic (exact) mass is 375 g/mol. The van der Waals surface area contributed by atoms with Crippen molar-refractivity contribution in [3.8, 4) is 5.75 Å². The summed E-state index contributed by atoms with van der Waals surface area (Å²) < 4.78 is 5.49. The van der Waals surface area contributed by atoms with Gasteiger partial charge in [0.15, 0.2) is 6.61 Å². The van der Waals surface area contributed by atoms with Crippen LogP contribution in [0.25, 0.3) is 0 Å². The lowest BCUT2D eigenvalue weighted by Gasteiger charge is -2.36. The van der Waals surface area contributed by atoms with Gasteiger partial charge in [-0.25, -0.2) is 0 Å². The molecule has 1 aliphatic rings. The summed E-state index contributed by atoms with van der Waals surface area (Å²) in [5.41, 5.74) is 0.386. The SMILES string of the molecule is O=C(COc1ccccc1)N1CCN(c2c(Cl)cccc2[N+](=O)[O-])CC1. The molecule has 26 heavy (non-hydrogen) atoms. The third-order valence-electron chi connectivity index (χ3n) is 4.22. The Labute approximate surface area is 155 Å². The van der Waals surface area contributed by atoms with E-state index < -0.39 is 4.92 Å². The first kappa shape index (κ1) is 18.0. The van der Waals surface area contributed by atoms with Crippen LogP contribution in [0, 0.1) is 10.1 Å². The van der Waals surface area contributed by atoms with Crippen LogP contribution < -0.4 is 9.64 Å². The van der Waals surface area contributed by atoms with Crippen molar-refractivity contribution in [1.29, 1.82) is 0 Å². The Balaban J connectivity index is 1.59. The van der Waals surface area contributed by atoms with E-state index in [0.29, 0.717) is 42.6 Å². The molecule has 0 aromatic heterocycles. The van der Waals surface area contributed by atoms with Crippen molar-refractivity contribution >= 4 is 28.9 Å². The number of piperazine rings is 1. The average Bonchev–Trinajstić information content (AvgIpc) is 2.67. The summed E-state index contributed by atoms with van der Waals surface area (Å²) in [6.45, 7) is 1.83. The molecule has 2 aromatic carbocycles. The maximum atomic E-state index is 12.3. The maximum Gasteiger partial charge on any atom is 0.294 e. The maximum absolute atomic E-state index is 12.3. The summed E-state index contributed by atoms with van der Waals surface area (Å²) in [5, 5.41) is 11.6. The second kappa shape index (κ2) is 8.05. The number of nitro groups is 1. The molecule has 1 saturated heterocycles. The molecule has 136 valence electrons. The number of nitro benzene ring substituents is 1. The highest BCUT2D eigenvalue weighted by molar-refractivity contribution is 6.33. The number of anilines is 1. The molecule has 0 saturated carbocycles. The van der Waals surface area contributed by atoms with Crippen molar-refractivity contribution in [3.05, 3.63) is 63.7 Å². The van der Waals surface area contributed by atoms with Gasteiger partial charge in [-0.1, -0.05) is 35.9 Å². The highest BCUT2D eigenvalue weighted by atomic mass is 35.5. The first-order chi connectivity index (χ1) is 12.6. The van der Waals surface area contributed by atoms with Gasteiger partial charge in [0.05, 0.1) is 9.95 Å². The number of amides is 1. The van der Waals surface area contributed by atoms with Crippen molar-refractivity contribution in [3.63, 3.8) is 0 Å². The Morgan fingerprint density at radius 3 is 2.42 bits per heavy atom. The minimum atomic E-state index is -0.438. The fourth-order valence-electron chi connectivity index (χ4n) is 2.90. The largest absolute Gasteiger partial charge is 0.484 e. The van der Waals surface area contributed by atoms with Crippen LogP contribution in [0.2, 0.25) is 5.02 Å². The molecule has 0 bridgehead atoms. The van der Waals surface area contributed by atoms with E-state index >= 15 is 0 Å². The molecular formula is C18H18ClN3O4. The van der Waals surface area contributed by atoms with Crippen molar-refractivity contribution in [2.45, 2.75) is 0 Å². The number of ether oxygens (including phenoxy) is 1. The normalized spacial score (nSPS) is 14.2. The Morgan fingerprint density at radius 2 is 1.77 bits per heavy atom. The van der Waals surface area contributed by atoms with Crippen LogP contribution >= 0.6 is 11.6 Å². The van der Waals surface area contributed by atoms with Crippen molar-refractivity contribution in [2.24, 2.45) is 0 Å². The molecule has 1 amide bonds. The van der Waals surface area contributed by atoms with E-state index in [1.807, 2.05) is 23.1 Å². The van der Waals surface area contributed by atoms with E-state index in [4.69, 9.17) is 16.3 Å². The highest BCUT2D eigenvalue weighted by Crippen LogP contribution is 2.35. The fraction of sp³-hybridized carbons (Fsp3) is 0.278. The van der Waals surface area contributed by atoms with Crippen LogP contribution in [0.1, 0.15) is 0 Å². The van der Waals surface area contributed by atoms with Gasteiger partial charge in [0.2, 0.25) is 0 Å². The lowest BCUT2D eigenvalue weighted by molar-refractivity contribution is -0.384. The van der Waals surface area contributed by atoms with Crippen LogP contribution in [0.4, 0.5) is 11.4 Å². The number of rotatable bonds is 5. The van der Waals surface area contributed by atoms with Gasteiger partial charge in [-0.15, -0.1) is 0 Å². The quantitative estimate of drug-likeness (QED) is 0.593. The predicted octanol–water partition coefficient (Wildman–Crippen LogP) is 2.98. The second-order valence-corrected chi connectivity index (χ2v) is 6.24. The van der Waals surface area contributed by atoms with Gasteiger partial charge >= 0.3 is 0 Å². The van der Waals surface area contributed by atoms with Crippen LogP contribution in [-0.4, -0.2) is 48.5 Å². The molecule has 0 aliphatic carbocycles. The molecule has 7 nitrogen and oxygen atoms in total. The molecular weight excluding hydrogens is 358 g/mol. The van der Waals surface area contributed by atoms with Crippen molar-refractivity contribution in [1.82, 2.24) is 4.90 Å². The molecule has 2 aromatic rings. The van der Waals surface area contributed by atoms with Gasteiger partial charge in [-0.2, -0.15) is 0 Å². The first-order valence-electron chi connectivity index (χ1n) is 8.20. The first-order valence-corrected chi connectivity index (χ1v) is 8.57. The summed E-state index contributed by atoms with van der Waals surface area (Å²) in [6, 6.07) is 13.8. The number of hydrogen-bond donors (Lipinski definition) is 0. The van der Waals surface area contributed by atoms with Gasteiger partial charge in [0.25, 0.3) is 11.6 Å². The predicted molar refractivity (Wildman–Crippen MR) is 98.8 cm³/mol. The molecule has 1 fully saturated rings. The minimum absolute atomic E-state index is 0.0234. The Morgan fingerprint density at radius 1 is 1.08 bits per heavy atom. The third-order valence-corrected chi connectivity index (χ3v) is 4.52. The topological polar surface area (TPSA) is 75.9 Å². The lowest BCUT2D eigenvalue weighted by atomic mass is 10.2. The van der Waals surface area contributed by atoms with E-state index in [0.717, 1.165) is 0 Å². The summed E-state index contributed by atoms with van der Waals surface area (Å²) in [6.07, 6.45) is 0. The van der Waals surface area contributed by atoms with Crippen molar-refractivity contribution < 1.29 is 14.5 Å². The van der Waals surface area contributed by atoms with Crippen LogP contribution in [0.15, 0.2) is 48.5 Å². The second-order valence-electron chi connectivity index (χ2n) is 5.83. The van der Waals surface area contributed by atoms with E-state index in [1.54, 1.807) is 29.2 Å². The van der Waals surface area contributed by atoms with E-state index in [-0.39, 0.29) is 18.2 Å². The van der Waals surface area contributed by atoms with Gasteiger partial charge in [0.1, 0.15) is 11.4 Å².